The Bertz CT molecular complexity index is 203. The van der Waals surface area contributed by atoms with Crippen LogP contribution in [0.1, 0.15) is 20.8 Å². The molecule has 6 nitrogen and oxygen atoms in total. The number of carbonyl (C=O) groups excluding carboxylic acids is 2. The van der Waals surface area contributed by atoms with E-state index in [9.17, 15) is 9.59 Å². The van der Waals surface area contributed by atoms with Gasteiger partial charge in [0.15, 0.2) is 6.10 Å². The molecular formula is C9H15O6. The van der Waals surface area contributed by atoms with Crippen LogP contribution >= 0.6 is 0 Å². The van der Waals surface area contributed by atoms with Crippen molar-refractivity contribution in [2.24, 2.45) is 0 Å². The topological polar surface area (TPSA) is 71.1 Å². The second kappa shape index (κ2) is 7.90. The van der Waals surface area contributed by atoms with Crippen LogP contribution in [-0.2, 0) is 18.9 Å². The highest BCUT2D eigenvalue weighted by Crippen LogP contribution is 2.04. The van der Waals surface area contributed by atoms with E-state index in [0.717, 1.165) is 0 Å². The van der Waals surface area contributed by atoms with Gasteiger partial charge in [-0.15, -0.1) is 0 Å². The van der Waals surface area contributed by atoms with Gasteiger partial charge in [-0.1, -0.05) is 0 Å². The molecule has 0 heterocycles. The van der Waals surface area contributed by atoms with E-state index >= 15 is 0 Å². The summed E-state index contributed by atoms with van der Waals surface area (Å²) in [6, 6.07) is 0. The molecule has 0 aliphatic rings. The summed E-state index contributed by atoms with van der Waals surface area (Å²) in [5.74, 6) is 0. The van der Waals surface area contributed by atoms with Gasteiger partial charge in [-0.25, -0.2) is 9.59 Å². The molecule has 0 unspecified atom stereocenters. The predicted octanol–water partition coefficient (Wildman–Crippen LogP) is 1.88. The Kier molecular flexibility index (Phi) is 7.13. The highest BCUT2D eigenvalue weighted by Gasteiger charge is 2.14. The molecule has 0 saturated carbocycles. The smallest absolute Gasteiger partial charge is 0.435 e. The third kappa shape index (κ3) is 7.60. The van der Waals surface area contributed by atoms with Gasteiger partial charge < -0.3 is 18.9 Å². The first-order valence-electron chi connectivity index (χ1n) is 4.56. The predicted molar refractivity (Wildman–Crippen MR) is 50.0 cm³/mol. The SMILES string of the molecule is CCOC(=O)OC[C](C)OC(=O)OCC. The number of hydrogen-bond donors (Lipinski definition) is 0. The second-order valence-electron chi connectivity index (χ2n) is 2.46. The third-order valence-electron chi connectivity index (χ3n) is 1.18. The first-order valence-corrected chi connectivity index (χ1v) is 4.56. The molecule has 0 rings (SSSR count). The zero-order valence-corrected chi connectivity index (χ0v) is 9.07. The van der Waals surface area contributed by atoms with Crippen molar-refractivity contribution in [3.63, 3.8) is 0 Å². The van der Waals surface area contributed by atoms with Gasteiger partial charge >= 0.3 is 12.3 Å². The van der Waals surface area contributed by atoms with Gasteiger partial charge in [-0.3, -0.25) is 0 Å². The molecule has 0 aromatic heterocycles. The Balaban J connectivity index is 3.60. The Hall–Kier alpha value is -1.46. The van der Waals surface area contributed by atoms with Gasteiger partial charge in [-0.2, -0.15) is 0 Å². The van der Waals surface area contributed by atoms with Crippen molar-refractivity contribution < 1.29 is 28.5 Å². The molecule has 6 heteroatoms. The van der Waals surface area contributed by atoms with Crippen molar-refractivity contribution in [1.29, 1.82) is 0 Å². The Morgan fingerprint density at radius 2 is 1.47 bits per heavy atom. The van der Waals surface area contributed by atoms with Crippen LogP contribution in [0.15, 0.2) is 0 Å². The van der Waals surface area contributed by atoms with E-state index in [1.165, 1.54) is 6.92 Å². The minimum atomic E-state index is -0.817. The van der Waals surface area contributed by atoms with Gasteiger partial charge in [0.1, 0.15) is 6.61 Å². The lowest BCUT2D eigenvalue weighted by Gasteiger charge is -2.11. The van der Waals surface area contributed by atoms with Crippen LogP contribution in [0.5, 0.6) is 0 Å². The lowest BCUT2D eigenvalue weighted by molar-refractivity contribution is 0.0256. The lowest BCUT2D eigenvalue weighted by atomic mass is 10.4. The molecule has 15 heavy (non-hydrogen) atoms. The summed E-state index contributed by atoms with van der Waals surface area (Å²) in [5.41, 5.74) is 0. The Morgan fingerprint density at radius 3 is 2.00 bits per heavy atom. The van der Waals surface area contributed by atoms with Gasteiger partial charge in [0, 0.05) is 0 Å². The molecule has 0 aromatic rings. The fraction of sp³-hybridized carbons (Fsp3) is 0.667. The van der Waals surface area contributed by atoms with Crippen LogP contribution in [-0.4, -0.2) is 32.1 Å². The molecule has 0 bridgehead atoms. The quantitative estimate of drug-likeness (QED) is 0.657. The molecule has 0 saturated heterocycles. The maximum absolute atomic E-state index is 10.8. The summed E-state index contributed by atoms with van der Waals surface area (Å²) in [6.45, 7) is 5.13. The van der Waals surface area contributed by atoms with Crippen LogP contribution in [0, 0.1) is 6.10 Å². The highest BCUT2D eigenvalue weighted by atomic mass is 16.7. The molecule has 0 amide bonds. The van der Waals surface area contributed by atoms with Crippen molar-refractivity contribution in [3.8, 4) is 0 Å². The average Bonchev–Trinajstić information content (AvgIpc) is 2.15. The second-order valence-corrected chi connectivity index (χ2v) is 2.46. The Labute approximate surface area is 88.4 Å². The standard InChI is InChI=1S/C9H15O6/c1-4-12-8(10)14-6-7(3)15-9(11)13-5-2/h4-6H2,1-3H3. The molecule has 0 spiro atoms. The van der Waals surface area contributed by atoms with E-state index in [4.69, 9.17) is 0 Å². The zero-order valence-electron chi connectivity index (χ0n) is 9.07. The highest BCUT2D eigenvalue weighted by molar-refractivity contribution is 5.61. The minimum Gasteiger partial charge on any atom is -0.435 e. The molecule has 0 atom stereocenters. The van der Waals surface area contributed by atoms with Crippen LogP contribution in [0.2, 0.25) is 0 Å². The summed E-state index contributed by atoms with van der Waals surface area (Å²) in [5, 5.41) is 0. The summed E-state index contributed by atoms with van der Waals surface area (Å²) < 4.78 is 18.2. The van der Waals surface area contributed by atoms with Crippen LogP contribution in [0.4, 0.5) is 9.59 Å². The normalized spacial score (nSPS) is 9.60. The van der Waals surface area contributed by atoms with Gasteiger partial charge in [0.25, 0.3) is 0 Å². The van der Waals surface area contributed by atoms with Gasteiger partial charge in [-0.05, 0) is 20.8 Å². The average molecular weight is 219 g/mol. The third-order valence-corrected chi connectivity index (χ3v) is 1.18. The van der Waals surface area contributed by atoms with E-state index in [-0.39, 0.29) is 25.9 Å². The number of hydrogen-bond acceptors (Lipinski definition) is 6. The summed E-state index contributed by atoms with van der Waals surface area (Å²) in [7, 11) is 0. The molecule has 87 valence electrons. The largest absolute Gasteiger partial charge is 0.509 e. The zero-order chi connectivity index (χ0) is 11.7. The van der Waals surface area contributed by atoms with Crippen molar-refractivity contribution in [2.45, 2.75) is 20.8 Å². The Morgan fingerprint density at radius 1 is 0.933 bits per heavy atom. The molecule has 0 aliphatic carbocycles. The first kappa shape index (κ1) is 13.5. The van der Waals surface area contributed by atoms with Crippen molar-refractivity contribution >= 4 is 12.3 Å². The molecule has 0 N–H and O–H groups in total. The molecular weight excluding hydrogens is 204 g/mol. The number of ether oxygens (including phenoxy) is 4. The van der Waals surface area contributed by atoms with Gasteiger partial charge in [0.2, 0.25) is 0 Å². The fourth-order valence-electron chi connectivity index (χ4n) is 0.639. The van der Waals surface area contributed by atoms with Gasteiger partial charge in [0.05, 0.1) is 13.2 Å². The summed E-state index contributed by atoms with van der Waals surface area (Å²) in [4.78, 5) is 21.5. The monoisotopic (exact) mass is 219 g/mol. The van der Waals surface area contributed by atoms with Crippen LogP contribution < -0.4 is 0 Å². The van der Waals surface area contributed by atoms with E-state index in [0.29, 0.717) is 0 Å². The van der Waals surface area contributed by atoms with E-state index in [2.05, 4.69) is 18.9 Å². The molecule has 0 aliphatic heterocycles. The molecule has 0 aromatic carbocycles. The van der Waals surface area contributed by atoms with Crippen molar-refractivity contribution in [1.82, 2.24) is 0 Å². The van der Waals surface area contributed by atoms with E-state index in [1.807, 2.05) is 0 Å². The fourth-order valence-corrected chi connectivity index (χ4v) is 0.639. The van der Waals surface area contributed by atoms with Crippen LogP contribution in [0.25, 0.3) is 0 Å². The summed E-state index contributed by atoms with van der Waals surface area (Å²) in [6.07, 6.45) is -1.40. The van der Waals surface area contributed by atoms with Crippen molar-refractivity contribution in [2.75, 3.05) is 19.8 Å². The molecule has 1 radical (unpaired) electrons. The van der Waals surface area contributed by atoms with Crippen molar-refractivity contribution in [3.05, 3.63) is 6.10 Å². The summed E-state index contributed by atoms with van der Waals surface area (Å²) >= 11 is 0. The molecule has 0 fully saturated rings. The van der Waals surface area contributed by atoms with E-state index in [1.54, 1.807) is 13.8 Å². The van der Waals surface area contributed by atoms with E-state index < -0.39 is 12.3 Å². The van der Waals surface area contributed by atoms with Crippen LogP contribution in [0.3, 0.4) is 0 Å². The maximum Gasteiger partial charge on any atom is 0.509 e. The lowest BCUT2D eigenvalue weighted by Crippen LogP contribution is -2.17. The maximum atomic E-state index is 10.8. The minimum absolute atomic E-state index is 0.141. The number of carbonyl (C=O) groups is 2. The first-order chi connectivity index (χ1) is 7.10. The number of rotatable bonds is 5.